The van der Waals surface area contributed by atoms with Gasteiger partial charge in [0.05, 0.1) is 5.56 Å². The van der Waals surface area contributed by atoms with Crippen molar-refractivity contribution in [3.63, 3.8) is 0 Å². The lowest BCUT2D eigenvalue weighted by Gasteiger charge is -2.04. The predicted octanol–water partition coefficient (Wildman–Crippen LogP) is 5.15. The second-order valence-corrected chi connectivity index (χ2v) is 5.75. The molecule has 106 valence electrons. The Morgan fingerprint density at radius 2 is 1.86 bits per heavy atom. The Kier molecular flexibility index (Phi) is 3.69. The van der Waals surface area contributed by atoms with Crippen molar-refractivity contribution < 1.29 is 8.91 Å². The molecule has 2 N–H and O–H groups in total. The maximum absolute atomic E-state index is 14.1. The number of nitrogen functional groups attached to an aromatic ring is 1. The number of hydrogen-bond acceptors (Lipinski definition) is 3. The second-order valence-electron chi connectivity index (χ2n) is 4.40. The van der Waals surface area contributed by atoms with Crippen molar-refractivity contribution in [3.05, 3.63) is 57.8 Å². The van der Waals surface area contributed by atoms with Crippen LogP contribution in [0.2, 0.25) is 5.02 Å². The summed E-state index contributed by atoms with van der Waals surface area (Å²) in [6, 6.07) is 11.7. The molecule has 0 saturated carbocycles. The number of anilines is 1. The number of rotatable bonds is 2. The van der Waals surface area contributed by atoms with E-state index in [0.717, 1.165) is 5.56 Å². The molecule has 3 rings (SSSR count). The molecule has 3 nitrogen and oxygen atoms in total. The largest absolute Gasteiger partial charge is 0.367 e. The Bertz CT molecular complexity index is 802. The Morgan fingerprint density at radius 3 is 2.52 bits per heavy atom. The van der Waals surface area contributed by atoms with E-state index in [1.165, 1.54) is 6.07 Å². The highest BCUT2D eigenvalue weighted by Gasteiger charge is 2.20. The van der Waals surface area contributed by atoms with Crippen LogP contribution in [0.4, 0.5) is 10.3 Å². The van der Waals surface area contributed by atoms with Gasteiger partial charge in [0.25, 0.3) is 0 Å². The van der Waals surface area contributed by atoms with Crippen LogP contribution >= 0.6 is 27.5 Å². The lowest BCUT2D eigenvalue weighted by atomic mass is 10.0. The molecule has 0 saturated heterocycles. The minimum Gasteiger partial charge on any atom is -0.367 e. The van der Waals surface area contributed by atoms with Crippen molar-refractivity contribution in [3.8, 4) is 22.4 Å². The normalized spacial score (nSPS) is 10.8. The van der Waals surface area contributed by atoms with E-state index in [0.29, 0.717) is 26.3 Å². The van der Waals surface area contributed by atoms with Gasteiger partial charge in [-0.25, -0.2) is 4.39 Å². The van der Waals surface area contributed by atoms with Gasteiger partial charge < -0.3 is 10.3 Å². The molecule has 1 heterocycles. The summed E-state index contributed by atoms with van der Waals surface area (Å²) in [5.74, 6) is -0.275. The summed E-state index contributed by atoms with van der Waals surface area (Å²) in [5, 5.41) is 4.49. The monoisotopic (exact) mass is 366 g/mol. The molecule has 0 fully saturated rings. The fourth-order valence-electron chi connectivity index (χ4n) is 2.06. The van der Waals surface area contributed by atoms with E-state index in [1.807, 2.05) is 0 Å². The van der Waals surface area contributed by atoms with E-state index < -0.39 is 5.82 Å². The van der Waals surface area contributed by atoms with Crippen LogP contribution in [0, 0.1) is 5.82 Å². The van der Waals surface area contributed by atoms with Crippen LogP contribution in [-0.2, 0) is 0 Å². The van der Waals surface area contributed by atoms with Crippen molar-refractivity contribution in [1.82, 2.24) is 5.16 Å². The zero-order valence-corrected chi connectivity index (χ0v) is 13.0. The summed E-state index contributed by atoms with van der Waals surface area (Å²) in [5.41, 5.74) is 7.83. The molecule has 6 heteroatoms. The van der Waals surface area contributed by atoms with Gasteiger partial charge in [-0.1, -0.05) is 44.8 Å². The van der Waals surface area contributed by atoms with E-state index >= 15 is 0 Å². The van der Waals surface area contributed by atoms with Crippen molar-refractivity contribution in [1.29, 1.82) is 0 Å². The first-order valence-electron chi connectivity index (χ1n) is 6.03. The molecule has 0 aliphatic carbocycles. The van der Waals surface area contributed by atoms with E-state index in [1.54, 1.807) is 36.4 Å². The van der Waals surface area contributed by atoms with Crippen LogP contribution < -0.4 is 5.73 Å². The molecule has 3 aromatic rings. The summed E-state index contributed by atoms with van der Waals surface area (Å²) in [6.45, 7) is 0. The maximum Gasteiger partial charge on any atom is 0.230 e. The third-order valence-electron chi connectivity index (χ3n) is 3.04. The van der Waals surface area contributed by atoms with Crippen LogP contribution in [0.15, 0.2) is 51.5 Å². The van der Waals surface area contributed by atoms with Crippen LogP contribution in [-0.4, -0.2) is 5.16 Å². The highest BCUT2D eigenvalue weighted by atomic mass is 79.9. The molecule has 1 aromatic heterocycles. The third kappa shape index (κ3) is 2.66. The summed E-state index contributed by atoms with van der Waals surface area (Å²) < 4.78 is 19.8. The van der Waals surface area contributed by atoms with Crippen molar-refractivity contribution in [2.24, 2.45) is 0 Å². The van der Waals surface area contributed by atoms with Crippen LogP contribution in [0.1, 0.15) is 0 Å². The van der Waals surface area contributed by atoms with E-state index in [4.69, 9.17) is 21.9 Å². The minimum absolute atomic E-state index is 0.134. The lowest BCUT2D eigenvalue weighted by molar-refractivity contribution is 0.439. The molecule has 0 bridgehead atoms. The molecule has 0 atom stereocenters. The highest BCUT2D eigenvalue weighted by molar-refractivity contribution is 9.10. The van der Waals surface area contributed by atoms with Gasteiger partial charge >= 0.3 is 0 Å². The van der Waals surface area contributed by atoms with E-state index in [-0.39, 0.29) is 5.88 Å². The summed E-state index contributed by atoms with van der Waals surface area (Å²) >= 11 is 9.10. The molecular weight excluding hydrogens is 359 g/mol. The number of nitrogens with zero attached hydrogens (tertiary/aromatic N) is 1. The van der Waals surface area contributed by atoms with Crippen LogP contribution in [0.3, 0.4) is 0 Å². The van der Waals surface area contributed by atoms with Gasteiger partial charge in [-0.15, -0.1) is 0 Å². The average molecular weight is 368 g/mol. The Hall–Kier alpha value is -1.85. The molecule has 0 unspecified atom stereocenters. The van der Waals surface area contributed by atoms with Gasteiger partial charge in [0, 0.05) is 15.1 Å². The second kappa shape index (κ2) is 5.50. The zero-order chi connectivity index (χ0) is 15.0. The molecule has 2 aromatic carbocycles. The Labute approximate surface area is 133 Å². The lowest BCUT2D eigenvalue weighted by Crippen LogP contribution is -1.90. The smallest absolute Gasteiger partial charge is 0.230 e. The van der Waals surface area contributed by atoms with Gasteiger partial charge in [-0.05, 0) is 35.9 Å². The first-order valence-corrected chi connectivity index (χ1v) is 7.20. The van der Waals surface area contributed by atoms with E-state index in [2.05, 4.69) is 21.1 Å². The van der Waals surface area contributed by atoms with Gasteiger partial charge in [0.1, 0.15) is 11.5 Å². The number of hydrogen-bond donors (Lipinski definition) is 1. The molecule has 0 amide bonds. The molecule has 0 aliphatic heterocycles. The predicted molar refractivity (Wildman–Crippen MR) is 84.5 cm³/mol. The maximum atomic E-state index is 14.1. The summed E-state index contributed by atoms with van der Waals surface area (Å²) in [4.78, 5) is 0. The average Bonchev–Trinajstić information content (AvgIpc) is 2.82. The molecule has 0 spiro atoms. The number of halogens is 3. The van der Waals surface area contributed by atoms with Gasteiger partial charge in [-0.3, -0.25) is 0 Å². The summed E-state index contributed by atoms with van der Waals surface area (Å²) in [6.07, 6.45) is 0. The van der Waals surface area contributed by atoms with Crippen molar-refractivity contribution >= 4 is 33.4 Å². The van der Waals surface area contributed by atoms with Gasteiger partial charge in [-0.2, -0.15) is 0 Å². The van der Waals surface area contributed by atoms with Crippen LogP contribution in [0.5, 0.6) is 0 Å². The highest BCUT2D eigenvalue weighted by Crippen LogP contribution is 2.38. The number of benzene rings is 2. The third-order valence-corrected chi connectivity index (χ3v) is 3.78. The number of nitrogens with two attached hydrogens (primary N) is 1. The van der Waals surface area contributed by atoms with Gasteiger partial charge in [0.15, 0.2) is 0 Å². The molecular formula is C15H9BrClFN2O. The van der Waals surface area contributed by atoms with Gasteiger partial charge in [0.2, 0.25) is 5.88 Å². The SMILES string of the molecule is Nc1onc(-c2ccc(Br)cc2F)c1-c1ccc(Cl)cc1. The topological polar surface area (TPSA) is 52.0 Å². The molecule has 0 radical (unpaired) electrons. The first-order chi connectivity index (χ1) is 10.1. The zero-order valence-electron chi connectivity index (χ0n) is 10.6. The standard InChI is InChI=1S/C15H9BrClFN2O/c16-9-3-6-11(12(18)7-9)14-13(15(19)21-20-14)8-1-4-10(17)5-2-8/h1-7H,19H2. The molecule has 21 heavy (non-hydrogen) atoms. The first kappa shape index (κ1) is 14.1. The van der Waals surface area contributed by atoms with Crippen LogP contribution in [0.25, 0.3) is 22.4 Å². The minimum atomic E-state index is -0.409. The molecule has 0 aliphatic rings. The van der Waals surface area contributed by atoms with Crippen molar-refractivity contribution in [2.45, 2.75) is 0 Å². The fraction of sp³-hybridized carbons (Fsp3) is 0. The Balaban J connectivity index is 2.19. The van der Waals surface area contributed by atoms with Crippen molar-refractivity contribution in [2.75, 3.05) is 5.73 Å². The summed E-state index contributed by atoms with van der Waals surface area (Å²) in [7, 11) is 0. The Morgan fingerprint density at radius 1 is 1.14 bits per heavy atom. The van der Waals surface area contributed by atoms with E-state index in [9.17, 15) is 4.39 Å². The fourth-order valence-corrected chi connectivity index (χ4v) is 2.52. The quantitative estimate of drug-likeness (QED) is 0.682. The number of aromatic nitrogens is 1.